The van der Waals surface area contributed by atoms with E-state index >= 15 is 0 Å². The van der Waals surface area contributed by atoms with Gasteiger partial charge in [0.05, 0.1) is 0 Å². The van der Waals surface area contributed by atoms with Gasteiger partial charge in [0.25, 0.3) is 0 Å². The standard InChI is InChI=1S/C9H15N/c1-6-4-5-9(7(6)2)8(3)10/h4-5,8-9H,10H2,1-3H3. The van der Waals surface area contributed by atoms with E-state index in [0.29, 0.717) is 5.92 Å². The highest BCUT2D eigenvalue weighted by atomic mass is 14.6. The van der Waals surface area contributed by atoms with Crippen LogP contribution in [-0.4, -0.2) is 6.04 Å². The van der Waals surface area contributed by atoms with Crippen LogP contribution in [0.5, 0.6) is 0 Å². The Kier molecular flexibility index (Phi) is 1.95. The van der Waals surface area contributed by atoms with Crippen molar-refractivity contribution in [2.75, 3.05) is 0 Å². The lowest BCUT2D eigenvalue weighted by Crippen LogP contribution is -2.24. The molecule has 2 unspecified atom stereocenters. The van der Waals surface area contributed by atoms with Gasteiger partial charge in [-0.3, -0.25) is 0 Å². The molecule has 10 heavy (non-hydrogen) atoms. The lowest BCUT2D eigenvalue weighted by Gasteiger charge is -2.14. The molecule has 0 aromatic rings. The number of rotatable bonds is 1. The summed E-state index contributed by atoms with van der Waals surface area (Å²) in [5.41, 5.74) is 8.57. The largest absolute Gasteiger partial charge is 0.327 e. The molecule has 56 valence electrons. The van der Waals surface area contributed by atoms with Crippen LogP contribution < -0.4 is 5.73 Å². The van der Waals surface area contributed by atoms with Gasteiger partial charge in [0, 0.05) is 12.0 Å². The molecule has 0 fully saturated rings. The first-order valence-corrected chi connectivity index (χ1v) is 3.74. The van der Waals surface area contributed by atoms with Crippen LogP contribution in [0.2, 0.25) is 0 Å². The molecule has 0 saturated carbocycles. The van der Waals surface area contributed by atoms with E-state index in [2.05, 4.69) is 32.9 Å². The second-order valence-electron chi connectivity index (χ2n) is 3.11. The van der Waals surface area contributed by atoms with Gasteiger partial charge in [0.2, 0.25) is 0 Å². The first-order valence-electron chi connectivity index (χ1n) is 3.74. The minimum atomic E-state index is 0.258. The van der Waals surface area contributed by atoms with E-state index in [4.69, 9.17) is 5.73 Å². The summed E-state index contributed by atoms with van der Waals surface area (Å²) >= 11 is 0. The van der Waals surface area contributed by atoms with Gasteiger partial charge in [-0.2, -0.15) is 0 Å². The number of nitrogens with two attached hydrogens (primary N) is 1. The van der Waals surface area contributed by atoms with Crippen LogP contribution in [0.1, 0.15) is 20.8 Å². The predicted molar refractivity (Wildman–Crippen MR) is 44.7 cm³/mol. The van der Waals surface area contributed by atoms with Crippen molar-refractivity contribution in [2.45, 2.75) is 26.8 Å². The summed E-state index contributed by atoms with van der Waals surface area (Å²) in [4.78, 5) is 0. The summed E-state index contributed by atoms with van der Waals surface area (Å²) in [6.45, 7) is 6.34. The second kappa shape index (κ2) is 2.59. The predicted octanol–water partition coefficient (Wildman–Crippen LogP) is 1.86. The zero-order valence-corrected chi connectivity index (χ0v) is 6.89. The van der Waals surface area contributed by atoms with Gasteiger partial charge < -0.3 is 5.73 Å². The maximum atomic E-state index is 5.76. The molecule has 1 nitrogen and oxygen atoms in total. The average Bonchev–Trinajstić information content (AvgIpc) is 2.14. The molecular formula is C9H15N. The number of allylic oxidation sites excluding steroid dienone is 2. The Morgan fingerprint density at radius 1 is 1.50 bits per heavy atom. The van der Waals surface area contributed by atoms with E-state index < -0.39 is 0 Å². The summed E-state index contributed by atoms with van der Waals surface area (Å²) < 4.78 is 0. The Balaban J connectivity index is 2.78. The molecule has 2 N–H and O–H groups in total. The molecule has 0 saturated heterocycles. The Labute approximate surface area is 62.6 Å². The maximum absolute atomic E-state index is 5.76. The van der Waals surface area contributed by atoms with E-state index in [0.717, 1.165) is 0 Å². The Bertz CT molecular complexity index is 187. The Hall–Kier alpha value is -0.560. The summed E-state index contributed by atoms with van der Waals surface area (Å²) in [6, 6.07) is 0.258. The molecule has 1 rings (SSSR count). The molecule has 0 bridgehead atoms. The van der Waals surface area contributed by atoms with E-state index in [1.54, 1.807) is 0 Å². The van der Waals surface area contributed by atoms with Gasteiger partial charge >= 0.3 is 0 Å². The molecule has 0 spiro atoms. The van der Waals surface area contributed by atoms with Crippen molar-refractivity contribution >= 4 is 0 Å². The molecule has 0 aromatic heterocycles. The normalized spacial score (nSPS) is 27.8. The van der Waals surface area contributed by atoms with Crippen molar-refractivity contribution in [1.82, 2.24) is 0 Å². The van der Waals surface area contributed by atoms with Crippen LogP contribution in [0, 0.1) is 5.92 Å². The molecule has 0 radical (unpaired) electrons. The average molecular weight is 137 g/mol. The van der Waals surface area contributed by atoms with Crippen molar-refractivity contribution in [2.24, 2.45) is 11.7 Å². The fraction of sp³-hybridized carbons (Fsp3) is 0.556. The molecule has 2 atom stereocenters. The molecule has 0 aliphatic heterocycles. The van der Waals surface area contributed by atoms with Gasteiger partial charge in [-0.05, 0) is 20.8 Å². The molecule has 1 heteroatoms. The lowest BCUT2D eigenvalue weighted by atomic mass is 9.96. The number of hydrogen-bond acceptors (Lipinski definition) is 1. The first-order chi connectivity index (χ1) is 4.63. The van der Waals surface area contributed by atoms with Crippen molar-refractivity contribution < 1.29 is 0 Å². The molecule has 1 aliphatic carbocycles. The third-order valence-corrected chi connectivity index (χ3v) is 2.24. The highest BCUT2D eigenvalue weighted by molar-refractivity contribution is 5.35. The minimum Gasteiger partial charge on any atom is -0.327 e. The maximum Gasteiger partial charge on any atom is 0.0132 e. The molecule has 1 aliphatic rings. The van der Waals surface area contributed by atoms with E-state index in [1.807, 2.05) is 0 Å². The quantitative estimate of drug-likeness (QED) is 0.586. The zero-order chi connectivity index (χ0) is 7.72. The highest BCUT2D eigenvalue weighted by Crippen LogP contribution is 2.25. The highest BCUT2D eigenvalue weighted by Gasteiger charge is 2.17. The molecular weight excluding hydrogens is 122 g/mol. The molecule has 0 amide bonds. The third kappa shape index (κ3) is 1.14. The van der Waals surface area contributed by atoms with E-state index in [9.17, 15) is 0 Å². The van der Waals surface area contributed by atoms with Crippen molar-refractivity contribution in [3.05, 3.63) is 23.3 Å². The van der Waals surface area contributed by atoms with Crippen LogP contribution in [0.3, 0.4) is 0 Å². The van der Waals surface area contributed by atoms with Crippen LogP contribution in [0.15, 0.2) is 23.3 Å². The van der Waals surface area contributed by atoms with Crippen molar-refractivity contribution in [1.29, 1.82) is 0 Å². The summed E-state index contributed by atoms with van der Waals surface area (Å²) in [6.07, 6.45) is 4.35. The van der Waals surface area contributed by atoms with E-state index in [1.165, 1.54) is 11.1 Å². The summed E-state index contributed by atoms with van der Waals surface area (Å²) in [7, 11) is 0. The number of hydrogen-bond donors (Lipinski definition) is 1. The van der Waals surface area contributed by atoms with Crippen LogP contribution in [-0.2, 0) is 0 Å². The van der Waals surface area contributed by atoms with Gasteiger partial charge in [-0.1, -0.05) is 23.3 Å². The summed E-state index contributed by atoms with van der Waals surface area (Å²) in [5.74, 6) is 0.486. The molecule has 0 heterocycles. The lowest BCUT2D eigenvalue weighted by molar-refractivity contribution is 0.611. The third-order valence-electron chi connectivity index (χ3n) is 2.24. The Morgan fingerprint density at radius 2 is 2.10 bits per heavy atom. The zero-order valence-electron chi connectivity index (χ0n) is 6.89. The minimum absolute atomic E-state index is 0.258. The first kappa shape index (κ1) is 7.55. The monoisotopic (exact) mass is 137 g/mol. The van der Waals surface area contributed by atoms with Gasteiger partial charge in [0.1, 0.15) is 0 Å². The van der Waals surface area contributed by atoms with Crippen LogP contribution in [0.25, 0.3) is 0 Å². The second-order valence-corrected chi connectivity index (χ2v) is 3.11. The smallest absolute Gasteiger partial charge is 0.0132 e. The van der Waals surface area contributed by atoms with Crippen LogP contribution in [0.4, 0.5) is 0 Å². The van der Waals surface area contributed by atoms with Gasteiger partial charge in [-0.25, -0.2) is 0 Å². The fourth-order valence-corrected chi connectivity index (χ4v) is 1.36. The van der Waals surface area contributed by atoms with E-state index in [-0.39, 0.29) is 6.04 Å². The molecule has 0 aromatic carbocycles. The van der Waals surface area contributed by atoms with Crippen molar-refractivity contribution in [3.63, 3.8) is 0 Å². The topological polar surface area (TPSA) is 26.0 Å². The van der Waals surface area contributed by atoms with Gasteiger partial charge in [0.15, 0.2) is 0 Å². The Morgan fingerprint density at radius 3 is 2.30 bits per heavy atom. The summed E-state index contributed by atoms with van der Waals surface area (Å²) in [5, 5.41) is 0. The SMILES string of the molecule is CC1=C(C)C(C(C)N)C=C1. The van der Waals surface area contributed by atoms with Crippen molar-refractivity contribution in [3.8, 4) is 0 Å². The van der Waals surface area contributed by atoms with Gasteiger partial charge in [-0.15, -0.1) is 0 Å². The van der Waals surface area contributed by atoms with Crippen LogP contribution >= 0.6 is 0 Å². The fourth-order valence-electron chi connectivity index (χ4n) is 1.36.